The number of hydrogen-bond donors (Lipinski definition) is 1. The van der Waals surface area contributed by atoms with Crippen LogP contribution in [0.15, 0.2) is 0 Å². The molecule has 0 radical (unpaired) electrons. The van der Waals surface area contributed by atoms with E-state index in [1.54, 1.807) is 0 Å². The molecule has 3 heteroatoms. The average Bonchev–Trinajstić information content (AvgIpc) is 2.38. The predicted molar refractivity (Wildman–Crippen MR) is 78.0 cm³/mol. The van der Waals surface area contributed by atoms with Crippen LogP contribution in [0.25, 0.3) is 0 Å². The molecule has 2 heterocycles. The van der Waals surface area contributed by atoms with Gasteiger partial charge < -0.3 is 5.32 Å². The van der Waals surface area contributed by atoms with Gasteiger partial charge in [0.1, 0.15) is 0 Å². The first-order chi connectivity index (χ1) is 8.52. The van der Waals surface area contributed by atoms with Crippen LogP contribution in [-0.2, 0) is 0 Å². The van der Waals surface area contributed by atoms with Gasteiger partial charge in [0.15, 0.2) is 0 Å². The van der Waals surface area contributed by atoms with Gasteiger partial charge in [-0.15, -0.1) is 0 Å². The van der Waals surface area contributed by atoms with Crippen LogP contribution in [0.1, 0.15) is 47.0 Å². The van der Waals surface area contributed by atoms with E-state index in [0.717, 1.165) is 12.1 Å². The number of rotatable bonds is 3. The summed E-state index contributed by atoms with van der Waals surface area (Å²) >= 11 is 0. The molecule has 2 saturated heterocycles. The Labute approximate surface area is 113 Å². The topological polar surface area (TPSA) is 18.5 Å². The van der Waals surface area contributed by atoms with Gasteiger partial charge in [0.05, 0.1) is 0 Å². The smallest absolute Gasteiger partial charge is 0.0222 e. The largest absolute Gasteiger partial charge is 0.310 e. The Hall–Kier alpha value is -0.120. The summed E-state index contributed by atoms with van der Waals surface area (Å²) in [7, 11) is 0. The number of piperazine rings is 1. The normalized spacial score (nSPS) is 32.3. The second-order valence-corrected chi connectivity index (χ2v) is 6.79. The summed E-state index contributed by atoms with van der Waals surface area (Å²) in [5.74, 6) is 0. The molecule has 0 aromatic rings. The van der Waals surface area contributed by atoms with E-state index in [1.807, 2.05) is 0 Å². The van der Waals surface area contributed by atoms with Crippen LogP contribution in [0.4, 0.5) is 0 Å². The lowest BCUT2D eigenvalue weighted by atomic mass is 9.90. The van der Waals surface area contributed by atoms with Crippen molar-refractivity contribution in [2.24, 2.45) is 0 Å². The van der Waals surface area contributed by atoms with E-state index in [-0.39, 0.29) is 0 Å². The third kappa shape index (κ3) is 3.46. The molecule has 2 fully saturated rings. The molecular weight excluding hydrogens is 222 g/mol. The van der Waals surface area contributed by atoms with Gasteiger partial charge in [0.2, 0.25) is 0 Å². The fourth-order valence-corrected chi connectivity index (χ4v) is 3.23. The summed E-state index contributed by atoms with van der Waals surface area (Å²) in [6.45, 7) is 15.5. The Balaban J connectivity index is 1.77. The van der Waals surface area contributed by atoms with Gasteiger partial charge >= 0.3 is 0 Å². The predicted octanol–water partition coefficient (Wildman–Crippen LogP) is 1.93. The van der Waals surface area contributed by atoms with E-state index in [0.29, 0.717) is 5.54 Å². The Morgan fingerprint density at radius 3 is 2.39 bits per heavy atom. The molecule has 0 aromatic heterocycles. The first kappa shape index (κ1) is 14.3. The van der Waals surface area contributed by atoms with Crippen molar-refractivity contribution >= 4 is 0 Å². The van der Waals surface area contributed by atoms with Crippen molar-refractivity contribution in [1.82, 2.24) is 15.1 Å². The van der Waals surface area contributed by atoms with Crippen molar-refractivity contribution in [3.8, 4) is 0 Å². The highest BCUT2D eigenvalue weighted by Gasteiger charge is 2.31. The third-order valence-corrected chi connectivity index (χ3v) is 5.00. The van der Waals surface area contributed by atoms with Gasteiger partial charge in [-0.05, 0) is 40.0 Å². The molecule has 0 spiro atoms. The molecule has 0 aliphatic carbocycles. The van der Waals surface area contributed by atoms with E-state index in [4.69, 9.17) is 0 Å². The minimum Gasteiger partial charge on any atom is -0.310 e. The SMILES string of the molecule is CCC(C)N1CCN(C2CCC(C)(C)NC2)CC1. The molecule has 2 aliphatic heterocycles. The van der Waals surface area contributed by atoms with E-state index < -0.39 is 0 Å². The monoisotopic (exact) mass is 253 g/mol. The molecular formula is C15H31N3. The van der Waals surface area contributed by atoms with Gasteiger partial charge in [-0.3, -0.25) is 9.80 Å². The second-order valence-electron chi connectivity index (χ2n) is 6.79. The molecule has 106 valence electrons. The minimum absolute atomic E-state index is 0.356. The maximum absolute atomic E-state index is 3.70. The van der Waals surface area contributed by atoms with E-state index in [9.17, 15) is 0 Å². The average molecular weight is 253 g/mol. The minimum atomic E-state index is 0.356. The maximum atomic E-state index is 3.70. The lowest BCUT2D eigenvalue weighted by Crippen LogP contribution is -2.58. The number of nitrogens with one attached hydrogen (secondary N) is 1. The number of hydrogen-bond acceptors (Lipinski definition) is 3. The maximum Gasteiger partial charge on any atom is 0.0222 e. The van der Waals surface area contributed by atoms with Crippen molar-refractivity contribution in [3.05, 3.63) is 0 Å². The quantitative estimate of drug-likeness (QED) is 0.829. The molecule has 0 amide bonds. The fourth-order valence-electron chi connectivity index (χ4n) is 3.23. The van der Waals surface area contributed by atoms with Crippen molar-refractivity contribution in [2.75, 3.05) is 32.7 Å². The molecule has 0 bridgehead atoms. The van der Waals surface area contributed by atoms with Crippen LogP contribution in [0.5, 0.6) is 0 Å². The third-order valence-electron chi connectivity index (χ3n) is 5.00. The summed E-state index contributed by atoms with van der Waals surface area (Å²) in [5.41, 5.74) is 0.356. The molecule has 0 saturated carbocycles. The molecule has 1 N–H and O–H groups in total. The Kier molecular flexibility index (Phi) is 4.68. The zero-order valence-electron chi connectivity index (χ0n) is 12.7. The van der Waals surface area contributed by atoms with Crippen molar-refractivity contribution in [2.45, 2.75) is 64.6 Å². The first-order valence-electron chi connectivity index (χ1n) is 7.75. The number of nitrogens with zero attached hydrogens (tertiary/aromatic N) is 2. The van der Waals surface area contributed by atoms with Gasteiger partial charge in [0, 0.05) is 50.3 Å². The molecule has 2 atom stereocenters. The van der Waals surface area contributed by atoms with Gasteiger partial charge in [-0.1, -0.05) is 6.92 Å². The molecule has 0 aromatic carbocycles. The Bertz CT molecular complexity index is 246. The fraction of sp³-hybridized carbons (Fsp3) is 1.00. The summed E-state index contributed by atoms with van der Waals surface area (Å²) in [6, 6.07) is 1.53. The van der Waals surface area contributed by atoms with Crippen LogP contribution < -0.4 is 5.32 Å². The molecule has 2 unspecified atom stereocenters. The summed E-state index contributed by atoms with van der Waals surface area (Å²) < 4.78 is 0. The zero-order valence-corrected chi connectivity index (χ0v) is 12.7. The Morgan fingerprint density at radius 2 is 1.89 bits per heavy atom. The summed E-state index contributed by atoms with van der Waals surface area (Å²) in [5, 5.41) is 3.70. The highest BCUT2D eigenvalue weighted by atomic mass is 15.3. The Morgan fingerprint density at radius 1 is 1.22 bits per heavy atom. The lowest BCUT2D eigenvalue weighted by molar-refractivity contribution is 0.0535. The van der Waals surface area contributed by atoms with Crippen LogP contribution in [0.3, 0.4) is 0 Å². The highest BCUT2D eigenvalue weighted by Crippen LogP contribution is 2.22. The van der Waals surface area contributed by atoms with E-state index in [2.05, 4.69) is 42.8 Å². The van der Waals surface area contributed by atoms with Crippen LogP contribution >= 0.6 is 0 Å². The van der Waals surface area contributed by atoms with E-state index in [1.165, 1.54) is 52.0 Å². The van der Waals surface area contributed by atoms with E-state index >= 15 is 0 Å². The zero-order chi connectivity index (χ0) is 13.2. The molecule has 18 heavy (non-hydrogen) atoms. The van der Waals surface area contributed by atoms with Gasteiger partial charge in [-0.25, -0.2) is 0 Å². The van der Waals surface area contributed by atoms with Gasteiger partial charge in [-0.2, -0.15) is 0 Å². The van der Waals surface area contributed by atoms with Crippen molar-refractivity contribution in [1.29, 1.82) is 0 Å². The summed E-state index contributed by atoms with van der Waals surface area (Å²) in [4.78, 5) is 5.36. The molecule has 2 aliphatic rings. The van der Waals surface area contributed by atoms with Crippen LogP contribution in [-0.4, -0.2) is 60.1 Å². The van der Waals surface area contributed by atoms with Crippen molar-refractivity contribution < 1.29 is 0 Å². The first-order valence-corrected chi connectivity index (χ1v) is 7.75. The lowest BCUT2D eigenvalue weighted by Gasteiger charge is -2.45. The molecule has 3 nitrogen and oxygen atoms in total. The summed E-state index contributed by atoms with van der Waals surface area (Å²) in [6.07, 6.45) is 3.95. The van der Waals surface area contributed by atoms with Gasteiger partial charge in [0.25, 0.3) is 0 Å². The highest BCUT2D eigenvalue weighted by molar-refractivity contribution is 4.91. The van der Waals surface area contributed by atoms with Crippen LogP contribution in [0, 0.1) is 0 Å². The number of piperidine rings is 1. The standard InChI is InChI=1S/C15H31N3/c1-5-13(2)17-8-10-18(11-9-17)14-6-7-15(3,4)16-12-14/h13-14,16H,5-12H2,1-4H3. The second kappa shape index (κ2) is 5.89. The molecule has 2 rings (SSSR count). The van der Waals surface area contributed by atoms with Crippen molar-refractivity contribution in [3.63, 3.8) is 0 Å². The van der Waals surface area contributed by atoms with Crippen LogP contribution in [0.2, 0.25) is 0 Å².